The predicted molar refractivity (Wildman–Crippen MR) is 102 cm³/mol. The molecule has 8 heteroatoms. The van der Waals surface area contributed by atoms with Gasteiger partial charge in [-0.25, -0.2) is 5.43 Å². The first kappa shape index (κ1) is 17.4. The Bertz CT molecular complexity index is 843. The minimum absolute atomic E-state index is 0.176. The molecular weight excluding hydrogens is 354 g/mol. The van der Waals surface area contributed by atoms with E-state index in [1.54, 1.807) is 17.6 Å². The Morgan fingerprint density at radius 3 is 2.84 bits per heavy atom. The van der Waals surface area contributed by atoms with Crippen LogP contribution in [-0.2, 0) is 11.3 Å². The number of carbonyl (C=O) groups excluding carboxylic acids is 1. The first-order chi connectivity index (χ1) is 12.3. The highest BCUT2D eigenvalue weighted by atomic mass is 32.2. The highest BCUT2D eigenvalue weighted by molar-refractivity contribution is 7.99. The number of hydrazone groups is 1. The minimum atomic E-state index is -0.176. The van der Waals surface area contributed by atoms with E-state index in [9.17, 15) is 4.79 Å². The molecule has 6 nitrogen and oxygen atoms in total. The van der Waals surface area contributed by atoms with Gasteiger partial charge in [0.15, 0.2) is 11.0 Å². The van der Waals surface area contributed by atoms with Gasteiger partial charge >= 0.3 is 0 Å². The van der Waals surface area contributed by atoms with Crippen LogP contribution in [0.5, 0.6) is 0 Å². The van der Waals surface area contributed by atoms with Crippen molar-refractivity contribution in [1.82, 2.24) is 20.2 Å². The zero-order valence-electron chi connectivity index (χ0n) is 13.6. The largest absolute Gasteiger partial charge is 0.302 e. The lowest BCUT2D eigenvalue weighted by Gasteiger charge is -2.06. The number of thioether (sulfide) groups is 1. The van der Waals surface area contributed by atoms with Gasteiger partial charge in [-0.15, -0.1) is 21.5 Å². The summed E-state index contributed by atoms with van der Waals surface area (Å²) >= 11 is 2.91. The van der Waals surface area contributed by atoms with Crippen molar-refractivity contribution in [2.45, 2.75) is 18.6 Å². The van der Waals surface area contributed by atoms with Gasteiger partial charge in [0.1, 0.15) is 0 Å². The van der Waals surface area contributed by atoms with Gasteiger partial charge < -0.3 is 4.57 Å². The molecule has 25 heavy (non-hydrogen) atoms. The van der Waals surface area contributed by atoms with Gasteiger partial charge in [0.25, 0.3) is 5.91 Å². The van der Waals surface area contributed by atoms with Gasteiger partial charge in [-0.2, -0.15) is 5.10 Å². The van der Waals surface area contributed by atoms with E-state index in [2.05, 4.69) is 20.7 Å². The lowest BCUT2D eigenvalue weighted by atomic mass is 10.2. The maximum Gasteiger partial charge on any atom is 0.250 e. The van der Waals surface area contributed by atoms with E-state index < -0.39 is 0 Å². The molecule has 0 saturated carbocycles. The van der Waals surface area contributed by atoms with E-state index in [4.69, 9.17) is 0 Å². The predicted octanol–water partition coefficient (Wildman–Crippen LogP) is 3.27. The Morgan fingerprint density at radius 1 is 1.28 bits per heavy atom. The summed E-state index contributed by atoms with van der Waals surface area (Å²) in [6.45, 7) is 2.77. The smallest absolute Gasteiger partial charge is 0.250 e. The average Bonchev–Trinajstić information content (AvgIpc) is 3.30. The van der Waals surface area contributed by atoms with Crippen LogP contribution < -0.4 is 5.43 Å². The van der Waals surface area contributed by atoms with Crippen LogP contribution in [0.15, 0.2) is 58.1 Å². The monoisotopic (exact) mass is 371 g/mol. The molecule has 128 valence electrons. The van der Waals surface area contributed by atoms with Gasteiger partial charge in [-0.1, -0.05) is 48.2 Å². The molecule has 0 spiro atoms. The summed E-state index contributed by atoms with van der Waals surface area (Å²) < 4.78 is 2.00. The Balaban J connectivity index is 1.59. The zero-order valence-corrected chi connectivity index (χ0v) is 15.3. The fraction of sp³-hybridized carbons (Fsp3) is 0.176. The van der Waals surface area contributed by atoms with Gasteiger partial charge in [-0.3, -0.25) is 4.79 Å². The third kappa shape index (κ3) is 4.55. The number of rotatable bonds is 7. The molecule has 0 saturated heterocycles. The van der Waals surface area contributed by atoms with E-state index in [-0.39, 0.29) is 11.7 Å². The van der Waals surface area contributed by atoms with Gasteiger partial charge in [-0.05, 0) is 18.4 Å². The van der Waals surface area contributed by atoms with Gasteiger partial charge in [0.2, 0.25) is 0 Å². The molecule has 2 aromatic heterocycles. The highest BCUT2D eigenvalue weighted by Gasteiger charge is 2.14. The van der Waals surface area contributed by atoms with Crippen LogP contribution in [0.25, 0.3) is 11.4 Å². The number of hydrogen-bond donors (Lipinski definition) is 1. The van der Waals surface area contributed by atoms with Crippen LogP contribution in [-0.4, -0.2) is 32.6 Å². The third-order valence-corrected chi connectivity index (χ3v) is 5.10. The molecule has 0 aliphatic heterocycles. The van der Waals surface area contributed by atoms with Crippen LogP contribution in [0.3, 0.4) is 0 Å². The van der Waals surface area contributed by atoms with Crippen LogP contribution in [0.4, 0.5) is 0 Å². The Kier molecular flexibility index (Phi) is 5.97. The Labute approximate surface area is 154 Å². The lowest BCUT2D eigenvalue weighted by molar-refractivity contribution is -0.118. The van der Waals surface area contributed by atoms with Crippen LogP contribution >= 0.6 is 23.1 Å². The normalized spacial score (nSPS) is 11.1. The maximum absolute atomic E-state index is 11.9. The Hall–Kier alpha value is -2.45. The van der Waals surface area contributed by atoms with E-state index in [0.717, 1.165) is 28.0 Å². The summed E-state index contributed by atoms with van der Waals surface area (Å²) in [5.41, 5.74) is 3.53. The molecule has 1 N–H and O–H groups in total. The summed E-state index contributed by atoms with van der Waals surface area (Å²) in [6.07, 6.45) is 1.63. The SMILES string of the molecule is CCn1c(SCC(=O)NN=Cc2cccs2)nnc1-c1ccccc1. The second-order valence-electron chi connectivity index (χ2n) is 5.01. The van der Waals surface area contributed by atoms with Crippen molar-refractivity contribution in [2.24, 2.45) is 5.10 Å². The molecule has 0 atom stereocenters. The molecule has 3 aromatic rings. The molecule has 3 rings (SSSR count). The number of amides is 1. The maximum atomic E-state index is 11.9. The number of thiophene rings is 1. The highest BCUT2D eigenvalue weighted by Crippen LogP contribution is 2.23. The summed E-state index contributed by atoms with van der Waals surface area (Å²) in [6, 6.07) is 13.8. The molecule has 0 unspecified atom stereocenters. The van der Waals surface area contributed by atoms with Crippen molar-refractivity contribution in [1.29, 1.82) is 0 Å². The quantitative estimate of drug-likeness (QED) is 0.393. The van der Waals surface area contributed by atoms with Gasteiger partial charge in [0.05, 0.1) is 12.0 Å². The summed E-state index contributed by atoms with van der Waals surface area (Å²) in [4.78, 5) is 12.9. The summed E-state index contributed by atoms with van der Waals surface area (Å²) in [5, 5.41) is 15.1. The number of aromatic nitrogens is 3. The number of carbonyl (C=O) groups is 1. The molecule has 1 aromatic carbocycles. The molecule has 0 aliphatic carbocycles. The van der Waals surface area contributed by atoms with E-state index in [0.29, 0.717) is 0 Å². The number of hydrogen-bond acceptors (Lipinski definition) is 6. The molecular formula is C17H17N5OS2. The average molecular weight is 371 g/mol. The molecule has 0 aliphatic rings. The molecule has 1 amide bonds. The fourth-order valence-corrected chi connectivity index (χ4v) is 3.56. The van der Waals surface area contributed by atoms with Crippen molar-refractivity contribution in [3.05, 3.63) is 52.7 Å². The van der Waals surface area contributed by atoms with Crippen molar-refractivity contribution in [3.63, 3.8) is 0 Å². The Morgan fingerprint density at radius 2 is 2.12 bits per heavy atom. The topological polar surface area (TPSA) is 72.2 Å². The van der Waals surface area contributed by atoms with E-state index in [1.807, 2.05) is 59.3 Å². The third-order valence-electron chi connectivity index (χ3n) is 3.32. The second-order valence-corrected chi connectivity index (χ2v) is 6.94. The van der Waals surface area contributed by atoms with Crippen molar-refractivity contribution in [2.75, 3.05) is 5.75 Å². The van der Waals surface area contributed by atoms with Crippen LogP contribution in [0.2, 0.25) is 0 Å². The van der Waals surface area contributed by atoms with Crippen molar-refractivity contribution < 1.29 is 4.79 Å². The van der Waals surface area contributed by atoms with Crippen LogP contribution in [0.1, 0.15) is 11.8 Å². The second kappa shape index (κ2) is 8.59. The summed E-state index contributed by atoms with van der Waals surface area (Å²) in [5.74, 6) is 0.862. The van der Waals surface area contributed by atoms with Gasteiger partial charge in [0, 0.05) is 17.0 Å². The zero-order chi connectivity index (χ0) is 17.5. The molecule has 0 fully saturated rings. The first-order valence-corrected chi connectivity index (χ1v) is 9.61. The molecule has 0 bridgehead atoms. The number of benzene rings is 1. The van der Waals surface area contributed by atoms with E-state index >= 15 is 0 Å². The lowest BCUT2D eigenvalue weighted by Crippen LogP contribution is -2.19. The van der Waals surface area contributed by atoms with Crippen molar-refractivity contribution >= 4 is 35.2 Å². The molecule has 0 radical (unpaired) electrons. The van der Waals surface area contributed by atoms with E-state index in [1.165, 1.54) is 11.8 Å². The molecule has 2 heterocycles. The van der Waals surface area contributed by atoms with Crippen LogP contribution in [0, 0.1) is 0 Å². The standard InChI is InChI=1S/C17H17N5OS2/c1-2-22-16(13-7-4-3-5-8-13)20-21-17(22)25-12-15(23)19-18-11-14-9-6-10-24-14/h3-11H,2,12H2,1H3,(H,19,23). The van der Waals surface area contributed by atoms with Crippen molar-refractivity contribution in [3.8, 4) is 11.4 Å². The first-order valence-electron chi connectivity index (χ1n) is 7.74. The minimum Gasteiger partial charge on any atom is -0.302 e. The number of nitrogens with one attached hydrogen (secondary N) is 1. The number of nitrogens with zero attached hydrogens (tertiary/aromatic N) is 4. The fourth-order valence-electron chi connectivity index (χ4n) is 2.18. The summed E-state index contributed by atoms with van der Waals surface area (Å²) in [7, 11) is 0.